The number of thiazole rings is 1. The normalized spacial score (nSPS) is 10.3. The van der Waals surface area contributed by atoms with Crippen molar-refractivity contribution in [1.29, 1.82) is 0 Å². The minimum absolute atomic E-state index is 0.0630. The Kier molecular flexibility index (Phi) is 3.83. The van der Waals surface area contributed by atoms with Crippen molar-refractivity contribution in [1.82, 2.24) is 15.0 Å². The standard InChI is InChI=1S/C11H12N4O2S/c1-7-15-8(6-18-7)2-3-13-10-9(11(16)17)12-4-5-14-10/h4-6H,2-3H2,1H3,(H,13,14)(H,16,17). The zero-order valence-corrected chi connectivity index (χ0v) is 10.6. The molecule has 0 amide bonds. The Morgan fingerprint density at radius 2 is 2.22 bits per heavy atom. The minimum atomic E-state index is -1.09. The van der Waals surface area contributed by atoms with E-state index in [0.29, 0.717) is 6.54 Å². The number of nitrogens with one attached hydrogen (secondary N) is 1. The number of rotatable bonds is 5. The van der Waals surface area contributed by atoms with E-state index in [9.17, 15) is 4.79 Å². The van der Waals surface area contributed by atoms with Crippen LogP contribution in [0.3, 0.4) is 0 Å². The van der Waals surface area contributed by atoms with E-state index in [4.69, 9.17) is 5.11 Å². The van der Waals surface area contributed by atoms with Gasteiger partial charge in [0.15, 0.2) is 11.5 Å². The molecule has 2 N–H and O–H groups in total. The Bertz CT molecular complexity index is 555. The fourth-order valence-corrected chi connectivity index (χ4v) is 2.10. The lowest BCUT2D eigenvalue weighted by molar-refractivity contribution is 0.0691. The van der Waals surface area contributed by atoms with E-state index in [1.165, 1.54) is 12.4 Å². The molecule has 2 heterocycles. The van der Waals surface area contributed by atoms with E-state index in [-0.39, 0.29) is 11.5 Å². The van der Waals surface area contributed by atoms with Crippen LogP contribution in [0.15, 0.2) is 17.8 Å². The van der Waals surface area contributed by atoms with Gasteiger partial charge in [-0.3, -0.25) is 0 Å². The van der Waals surface area contributed by atoms with Crippen molar-refractivity contribution in [3.8, 4) is 0 Å². The van der Waals surface area contributed by atoms with Gasteiger partial charge in [0.2, 0.25) is 0 Å². The van der Waals surface area contributed by atoms with Gasteiger partial charge in [-0.1, -0.05) is 0 Å². The van der Waals surface area contributed by atoms with Gasteiger partial charge in [-0.05, 0) is 6.92 Å². The summed E-state index contributed by atoms with van der Waals surface area (Å²) in [6, 6.07) is 0. The molecular weight excluding hydrogens is 252 g/mol. The van der Waals surface area contributed by atoms with E-state index < -0.39 is 5.97 Å². The van der Waals surface area contributed by atoms with E-state index in [1.807, 2.05) is 12.3 Å². The van der Waals surface area contributed by atoms with Crippen molar-refractivity contribution in [2.75, 3.05) is 11.9 Å². The molecule has 6 nitrogen and oxygen atoms in total. The lowest BCUT2D eigenvalue weighted by Crippen LogP contribution is -2.12. The molecule has 0 aliphatic heterocycles. The molecule has 0 fully saturated rings. The first-order valence-corrected chi connectivity index (χ1v) is 6.24. The van der Waals surface area contributed by atoms with E-state index >= 15 is 0 Å². The second-order valence-corrected chi connectivity index (χ2v) is 4.66. The highest BCUT2D eigenvalue weighted by Gasteiger charge is 2.11. The molecule has 0 aliphatic rings. The molecule has 0 atom stereocenters. The molecule has 0 saturated carbocycles. The molecule has 0 unspecified atom stereocenters. The summed E-state index contributed by atoms with van der Waals surface area (Å²) in [6.45, 7) is 2.52. The molecule has 2 aromatic heterocycles. The average Bonchev–Trinajstić information content (AvgIpc) is 2.75. The second-order valence-electron chi connectivity index (χ2n) is 3.59. The highest BCUT2D eigenvalue weighted by molar-refractivity contribution is 7.09. The molecule has 94 valence electrons. The lowest BCUT2D eigenvalue weighted by Gasteiger charge is -2.06. The number of carboxylic acid groups (broad SMARTS) is 1. The quantitative estimate of drug-likeness (QED) is 0.852. The maximum absolute atomic E-state index is 10.9. The van der Waals surface area contributed by atoms with Crippen LogP contribution in [0.2, 0.25) is 0 Å². The van der Waals surface area contributed by atoms with Crippen LogP contribution >= 0.6 is 11.3 Å². The number of carbonyl (C=O) groups is 1. The molecule has 2 rings (SSSR count). The Morgan fingerprint density at radius 1 is 1.44 bits per heavy atom. The highest BCUT2D eigenvalue weighted by Crippen LogP contribution is 2.10. The molecule has 0 saturated heterocycles. The number of hydrogen-bond donors (Lipinski definition) is 2. The summed E-state index contributed by atoms with van der Waals surface area (Å²) in [6.07, 6.45) is 3.54. The van der Waals surface area contributed by atoms with Crippen molar-refractivity contribution in [3.05, 3.63) is 34.2 Å². The van der Waals surface area contributed by atoms with Crippen molar-refractivity contribution < 1.29 is 9.90 Å². The van der Waals surface area contributed by atoms with Crippen LogP contribution in [0.5, 0.6) is 0 Å². The number of carboxylic acids is 1. The molecule has 0 spiro atoms. The van der Waals surface area contributed by atoms with Gasteiger partial charge in [-0.15, -0.1) is 11.3 Å². The molecule has 2 aromatic rings. The summed E-state index contributed by atoms with van der Waals surface area (Å²) in [4.78, 5) is 23.0. The molecule has 0 aliphatic carbocycles. The van der Waals surface area contributed by atoms with Gasteiger partial charge in [0, 0.05) is 30.7 Å². The summed E-state index contributed by atoms with van der Waals surface area (Å²) < 4.78 is 0. The first-order valence-electron chi connectivity index (χ1n) is 5.36. The average molecular weight is 264 g/mol. The van der Waals surface area contributed by atoms with Crippen molar-refractivity contribution in [2.45, 2.75) is 13.3 Å². The predicted octanol–water partition coefficient (Wildman–Crippen LogP) is 1.59. The van der Waals surface area contributed by atoms with Gasteiger partial charge in [0.25, 0.3) is 0 Å². The van der Waals surface area contributed by atoms with Crippen LogP contribution in [0.25, 0.3) is 0 Å². The van der Waals surface area contributed by atoms with Crippen molar-refractivity contribution in [3.63, 3.8) is 0 Å². The van der Waals surface area contributed by atoms with Crippen LogP contribution in [0.4, 0.5) is 5.82 Å². The Labute approximate surface area is 108 Å². The predicted molar refractivity (Wildman–Crippen MR) is 68.0 cm³/mol. The van der Waals surface area contributed by atoms with Crippen LogP contribution < -0.4 is 5.32 Å². The fourth-order valence-electron chi connectivity index (χ4n) is 1.46. The van der Waals surface area contributed by atoms with Crippen molar-refractivity contribution in [2.24, 2.45) is 0 Å². The second kappa shape index (κ2) is 5.54. The van der Waals surface area contributed by atoms with E-state index in [1.54, 1.807) is 11.3 Å². The third-order valence-electron chi connectivity index (χ3n) is 2.24. The van der Waals surface area contributed by atoms with Gasteiger partial charge in [0.1, 0.15) is 0 Å². The summed E-state index contributed by atoms with van der Waals surface area (Å²) in [5.74, 6) is -0.799. The van der Waals surface area contributed by atoms with E-state index in [2.05, 4.69) is 20.3 Å². The molecule has 7 heteroatoms. The smallest absolute Gasteiger partial charge is 0.358 e. The third-order valence-corrected chi connectivity index (χ3v) is 3.06. The van der Waals surface area contributed by atoms with Gasteiger partial charge in [0.05, 0.1) is 10.7 Å². The summed E-state index contributed by atoms with van der Waals surface area (Å²) >= 11 is 1.60. The largest absolute Gasteiger partial charge is 0.476 e. The Balaban J connectivity index is 1.96. The number of aryl methyl sites for hydroxylation is 1. The Morgan fingerprint density at radius 3 is 2.89 bits per heavy atom. The van der Waals surface area contributed by atoms with Crippen molar-refractivity contribution >= 4 is 23.1 Å². The maximum Gasteiger partial charge on any atom is 0.358 e. The molecule has 0 aromatic carbocycles. The SMILES string of the molecule is Cc1nc(CCNc2nccnc2C(=O)O)cs1. The van der Waals surface area contributed by atoms with Crippen LogP contribution in [-0.2, 0) is 6.42 Å². The zero-order valence-electron chi connectivity index (χ0n) is 9.75. The highest BCUT2D eigenvalue weighted by atomic mass is 32.1. The Hall–Kier alpha value is -2.02. The third kappa shape index (κ3) is 3.01. The van der Waals surface area contributed by atoms with Crippen LogP contribution in [0, 0.1) is 6.92 Å². The number of nitrogens with zero attached hydrogens (tertiary/aromatic N) is 3. The fraction of sp³-hybridized carbons (Fsp3) is 0.273. The van der Waals surface area contributed by atoms with Gasteiger partial charge in [-0.2, -0.15) is 0 Å². The summed E-state index contributed by atoms with van der Waals surface area (Å²) in [5.41, 5.74) is 0.928. The molecule has 18 heavy (non-hydrogen) atoms. The molecule has 0 bridgehead atoms. The first kappa shape index (κ1) is 12.4. The monoisotopic (exact) mass is 264 g/mol. The number of aromatic nitrogens is 3. The van der Waals surface area contributed by atoms with Gasteiger partial charge >= 0.3 is 5.97 Å². The number of anilines is 1. The topological polar surface area (TPSA) is 88.0 Å². The maximum atomic E-state index is 10.9. The van der Waals surface area contributed by atoms with Gasteiger partial charge < -0.3 is 10.4 Å². The van der Waals surface area contributed by atoms with Crippen LogP contribution in [0.1, 0.15) is 21.2 Å². The number of hydrogen-bond acceptors (Lipinski definition) is 6. The van der Waals surface area contributed by atoms with E-state index in [0.717, 1.165) is 17.1 Å². The zero-order chi connectivity index (χ0) is 13.0. The summed E-state index contributed by atoms with van der Waals surface area (Å²) in [5, 5.41) is 14.9. The summed E-state index contributed by atoms with van der Waals surface area (Å²) in [7, 11) is 0. The van der Waals surface area contributed by atoms with Gasteiger partial charge in [-0.25, -0.2) is 19.7 Å². The number of aromatic carboxylic acids is 1. The molecular formula is C11H12N4O2S. The minimum Gasteiger partial charge on any atom is -0.476 e. The first-order chi connectivity index (χ1) is 8.66. The van der Waals surface area contributed by atoms with Crippen LogP contribution in [-0.4, -0.2) is 32.6 Å². The lowest BCUT2D eigenvalue weighted by atomic mass is 10.3. The molecule has 0 radical (unpaired) electrons.